The molecule has 0 bridgehead atoms. The summed E-state index contributed by atoms with van der Waals surface area (Å²) >= 11 is 0. The molecule has 1 N–H and O–H groups in total. The number of carbonyl (C=O) groups is 2. The topological polar surface area (TPSA) is 67.9 Å². The maximum absolute atomic E-state index is 13.5. The zero-order chi connectivity index (χ0) is 23.1. The van der Waals surface area contributed by atoms with Crippen molar-refractivity contribution in [2.24, 2.45) is 0 Å². The standard InChI is InChI=1S/C26H21FN2O4/c1-15-3-9-20(16(2)11-15)28-24-23(18-5-7-19(27)8-6-18)25(30)29(26(24)31)13-17-4-10-21-22(12-17)33-14-32-21/h3-12,28H,13-14H2,1-2H3. The molecule has 2 heterocycles. The Hall–Kier alpha value is -4.13. The van der Waals surface area contributed by atoms with Crippen molar-refractivity contribution in [3.63, 3.8) is 0 Å². The first-order valence-electron chi connectivity index (χ1n) is 10.5. The number of halogens is 1. The molecule has 2 aliphatic rings. The number of benzene rings is 3. The number of aryl methyl sites for hydroxylation is 2. The predicted octanol–water partition coefficient (Wildman–Crippen LogP) is 4.56. The number of nitrogens with zero attached hydrogens (tertiary/aromatic N) is 1. The van der Waals surface area contributed by atoms with Crippen LogP contribution in [0.25, 0.3) is 5.57 Å². The lowest BCUT2D eigenvalue weighted by Crippen LogP contribution is -2.32. The van der Waals surface area contributed by atoms with E-state index in [1.54, 1.807) is 18.2 Å². The molecular weight excluding hydrogens is 423 g/mol. The van der Waals surface area contributed by atoms with Gasteiger partial charge in [-0.25, -0.2) is 4.39 Å². The summed E-state index contributed by atoms with van der Waals surface area (Å²) in [5.74, 6) is -0.113. The smallest absolute Gasteiger partial charge is 0.278 e. The van der Waals surface area contributed by atoms with E-state index >= 15 is 0 Å². The Bertz CT molecular complexity index is 1310. The van der Waals surface area contributed by atoms with E-state index in [-0.39, 0.29) is 24.6 Å². The van der Waals surface area contributed by atoms with Crippen LogP contribution in [-0.2, 0) is 16.1 Å². The number of fused-ring (bicyclic) bond motifs is 1. The predicted molar refractivity (Wildman–Crippen MR) is 121 cm³/mol. The van der Waals surface area contributed by atoms with Crippen LogP contribution in [0.5, 0.6) is 11.5 Å². The summed E-state index contributed by atoms with van der Waals surface area (Å²) in [6.45, 7) is 4.12. The number of nitrogens with one attached hydrogen (secondary N) is 1. The molecule has 5 rings (SSSR count). The van der Waals surface area contributed by atoms with Gasteiger partial charge in [-0.2, -0.15) is 0 Å². The van der Waals surface area contributed by atoms with Crippen LogP contribution in [0.2, 0.25) is 0 Å². The first-order valence-corrected chi connectivity index (χ1v) is 10.5. The molecule has 2 aliphatic heterocycles. The second kappa shape index (κ2) is 8.09. The summed E-state index contributed by atoms with van der Waals surface area (Å²) in [5.41, 5.74) is 4.32. The molecule has 0 spiro atoms. The van der Waals surface area contributed by atoms with Gasteiger partial charge < -0.3 is 14.8 Å². The maximum atomic E-state index is 13.5. The van der Waals surface area contributed by atoms with E-state index in [0.717, 1.165) is 22.4 Å². The normalized spacial score (nSPS) is 14.9. The van der Waals surface area contributed by atoms with Gasteiger partial charge in [-0.1, -0.05) is 35.9 Å². The highest BCUT2D eigenvalue weighted by Crippen LogP contribution is 2.35. The van der Waals surface area contributed by atoms with Gasteiger partial charge in [0.2, 0.25) is 6.79 Å². The molecule has 0 saturated heterocycles. The molecule has 7 heteroatoms. The maximum Gasteiger partial charge on any atom is 0.278 e. The highest BCUT2D eigenvalue weighted by molar-refractivity contribution is 6.36. The second-order valence-corrected chi connectivity index (χ2v) is 8.08. The molecule has 0 unspecified atom stereocenters. The van der Waals surface area contributed by atoms with Crippen LogP contribution in [0.15, 0.2) is 66.4 Å². The van der Waals surface area contributed by atoms with Crippen molar-refractivity contribution in [2.75, 3.05) is 12.1 Å². The monoisotopic (exact) mass is 444 g/mol. The molecule has 0 atom stereocenters. The zero-order valence-electron chi connectivity index (χ0n) is 18.1. The molecule has 0 aromatic heterocycles. The fourth-order valence-electron chi connectivity index (χ4n) is 4.03. The quantitative estimate of drug-likeness (QED) is 0.585. The van der Waals surface area contributed by atoms with Crippen molar-refractivity contribution in [3.05, 3.63) is 94.4 Å². The number of carbonyl (C=O) groups excluding carboxylic acids is 2. The van der Waals surface area contributed by atoms with E-state index < -0.39 is 17.6 Å². The Labute approximate surface area is 190 Å². The fraction of sp³-hybridized carbons (Fsp3) is 0.154. The summed E-state index contributed by atoms with van der Waals surface area (Å²) in [6, 6.07) is 16.7. The third-order valence-electron chi connectivity index (χ3n) is 5.72. The largest absolute Gasteiger partial charge is 0.454 e. The minimum atomic E-state index is -0.448. The van der Waals surface area contributed by atoms with Crippen LogP contribution in [-0.4, -0.2) is 23.5 Å². The van der Waals surface area contributed by atoms with Crippen LogP contribution < -0.4 is 14.8 Å². The number of anilines is 1. The minimum absolute atomic E-state index is 0.0665. The Morgan fingerprint density at radius 3 is 2.42 bits per heavy atom. The summed E-state index contributed by atoms with van der Waals surface area (Å²) in [7, 11) is 0. The summed E-state index contributed by atoms with van der Waals surface area (Å²) in [4.78, 5) is 28.1. The second-order valence-electron chi connectivity index (χ2n) is 8.08. The number of hydrogen-bond acceptors (Lipinski definition) is 5. The van der Waals surface area contributed by atoms with E-state index in [1.165, 1.54) is 29.2 Å². The van der Waals surface area contributed by atoms with Crippen molar-refractivity contribution in [1.29, 1.82) is 0 Å². The molecule has 0 aliphatic carbocycles. The van der Waals surface area contributed by atoms with Gasteiger partial charge in [0.1, 0.15) is 11.5 Å². The van der Waals surface area contributed by atoms with Gasteiger partial charge in [-0.05, 0) is 60.9 Å². The van der Waals surface area contributed by atoms with E-state index in [1.807, 2.05) is 32.0 Å². The van der Waals surface area contributed by atoms with Crippen LogP contribution in [0, 0.1) is 19.7 Å². The molecule has 3 aromatic rings. The molecule has 166 valence electrons. The lowest BCUT2D eigenvalue weighted by atomic mass is 10.0. The molecule has 6 nitrogen and oxygen atoms in total. The summed E-state index contributed by atoms with van der Waals surface area (Å²) in [6.07, 6.45) is 0. The average molecular weight is 444 g/mol. The summed E-state index contributed by atoms with van der Waals surface area (Å²) in [5, 5.41) is 3.17. The van der Waals surface area contributed by atoms with Gasteiger partial charge in [-0.15, -0.1) is 0 Å². The number of rotatable bonds is 5. The van der Waals surface area contributed by atoms with Crippen molar-refractivity contribution >= 4 is 23.1 Å². The van der Waals surface area contributed by atoms with Crippen molar-refractivity contribution in [2.45, 2.75) is 20.4 Å². The lowest BCUT2D eigenvalue weighted by Gasteiger charge is -2.16. The first-order chi connectivity index (χ1) is 15.9. The highest BCUT2D eigenvalue weighted by atomic mass is 19.1. The fourth-order valence-corrected chi connectivity index (χ4v) is 4.03. The molecular formula is C26H21FN2O4. The molecule has 0 radical (unpaired) electrons. The Kier molecular flexibility index (Phi) is 5.09. The van der Waals surface area contributed by atoms with E-state index in [2.05, 4.69) is 5.32 Å². The van der Waals surface area contributed by atoms with Gasteiger partial charge in [-0.3, -0.25) is 14.5 Å². The SMILES string of the molecule is Cc1ccc(NC2=C(c3ccc(F)cc3)C(=O)N(Cc3ccc4c(c3)OCO4)C2=O)c(C)c1. The van der Waals surface area contributed by atoms with Gasteiger partial charge >= 0.3 is 0 Å². The third-order valence-corrected chi connectivity index (χ3v) is 5.72. The number of amides is 2. The number of hydrogen-bond donors (Lipinski definition) is 1. The van der Waals surface area contributed by atoms with Crippen LogP contribution >= 0.6 is 0 Å². The zero-order valence-corrected chi connectivity index (χ0v) is 18.1. The van der Waals surface area contributed by atoms with Crippen LogP contribution in [0.4, 0.5) is 10.1 Å². The Morgan fingerprint density at radius 2 is 1.67 bits per heavy atom. The van der Waals surface area contributed by atoms with E-state index in [9.17, 15) is 14.0 Å². The van der Waals surface area contributed by atoms with Gasteiger partial charge in [0.25, 0.3) is 11.8 Å². The van der Waals surface area contributed by atoms with Crippen molar-refractivity contribution in [3.8, 4) is 11.5 Å². The molecule has 3 aromatic carbocycles. The highest BCUT2D eigenvalue weighted by Gasteiger charge is 2.39. The van der Waals surface area contributed by atoms with Crippen molar-refractivity contribution in [1.82, 2.24) is 4.90 Å². The van der Waals surface area contributed by atoms with Crippen LogP contribution in [0.1, 0.15) is 22.3 Å². The average Bonchev–Trinajstić information content (AvgIpc) is 3.35. The van der Waals surface area contributed by atoms with E-state index in [4.69, 9.17) is 9.47 Å². The van der Waals surface area contributed by atoms with Crippen LogP contribution in [0.3, 0.4) is 0 Å². The van der Waals surface area contributed by atoms with Gasteiger partial charge in [0, 0.05) is 5.69 Å². The minimum Gasteiger partial charge on any atom is -0.454 e. The Balaban J connectivity index is 1.52. The molecule has 33 heavy (non-hydrogen) atoms. The Morgan fingerprint density at radius 1 is 0.909 bits per heavy atom. The molecule has 0 saturated carbocycles. The first kappa shape index (κ1) is 20.8. The lowest BCUT2D eigenvalue weighted by molar-refractivity contribution is -0.137. The third kappa shape index (κ3) is 3.82. The number of imide groups is 1. The summed E-state index contributed by atoms with van der Waals surface area (Å²) < 4.78 is 24.3. The van der Waals surface area contributed by atoms with Gasteiger partial charge in [0.05, 0.1) is 12.1 Å². The van der Waals surface area contributed by atoms with Gasteiger partial charge in [0.15, 0.2) is 11.5 Å². The van der Waals surface area contributed by atoms with E-state index in [0.29, 0.717) is 17.1 Å². The van der Waals surface area contributed by atoms with Crippen molar-refractivity contribution < 1.29 is 23.5 Å². The number of ether oxygens (including phenoxy) is 2. The molecule has 0 fully saturated rings. The molecule has 2 amide bonds.